The maximum atomic E-state index is 6.93. The Hall–Kier alpha value is -7.43. The van der Waals surface area contributed by atoms with Crippen LogP contribution in [0.15, 0.2) is 231 Å². The zero-order chi connectivity index (χ0) is 37.3. The van der Waals surface area contributed by atoms with Crippen molar-refractivity contribution >= 4 is 0 Å². The summed E-state index contributed by atoms with van der Waals surface area (Å²) in [6, 6.07) is 75.1. The molecular weight excluding hydrogens is 683 g/mol. The first-order chi connectivity index (χ1) is 27.8. The molecule has 0 amide bonds. The minimum Gasteiger partial charge on any atom is -0.456 e. The minimum absolute atomic E-state index is 0.569. The fourth-order valence-electron chi connectivity index (χ4n) is 8.22. The topological polar surface area (TPSA) is 20.9 Å². The highest BCUT2D eigenvalue weighted by atomic mass is 16.5. The highest BCUT2D eigenvalue weighted by Gasteiger charge is 2.45. The normalized spacial score (nSPS) is 12.6. The molecule has 4 heteroatoms. The Bertz CT molecular complexity index is 2750. The summed E-state index contributed by atoms with van der Waals surface area (Å²) in [7, 11) is 0. The largest absolute Gasteiger partial charge is 0.456 e. The van der Waals surface area contributed by atoms with Gasteiger partial charge in [-0.15, -0.1) is 0 Å². The summed E-state index contributed by atoms with van der Waals surface area (Å²) in [4.78, 5) is 0. The number of para-hydroxylation sites is 3. The van der Waals surface area contributed by atoms with Crippen LogP contribution in [-0.4, -0.2) is 0 Å². The third-order valence-electron chi connectivity index (χ3n) is 10.9. The van der Waals surface area contributed by atoms with Gasteiger partial charge in [0.15, 0.2) is 0 Å². The van der Waals surface area contributed by atoms with Crippen LogP contribution in [0.1, 0.15) is 22.3 Å². The number of benzene rings is 8. The Morgan fingerprint density at radius 2 is 0.750 bits per heavy atom. The van der Waals surface area contributed by atoms with E-state index in [4.69, 9.17) is 4.74 Å². The van der Waals surface area contributed by atoms with E-state index in [0.717, 1.165) is 50.8 Å². The lowest BCUT2D eigenvalue weighted by atomic mass is 9.63. The van der Waals surface area contributed by atoms with Crippen molar-refractivity contribution < 1.29 is 18.4 Å². The minimum atomic E-state index is -0.569. The second kappa shape index (κ2) is 14.1. The van der Waals surface area contributed by atoms with E-state index >= 15 is 0 Å². The molecule has 264 valence electrons. The van der Waals surface area contributed by atoms with E-state index in [1.165, 1.54) is 22.3 Å². The molecule has 0 unspecified atom stereocenters. The van der Waals surface area contributed by atoms with Gasteiger partial charge < -0.3 is 4.74 Å². The zero-order valence-corrected chi connectivity index (χ0v) is 30.7. The van der Waals surface area contributed by atoms with Crippen molar-refractivity contribution in [3.63, 3.8) is 0 Å². The summed E-state index contributed by atoms with van der Waals surface area (Å²) < 4.78 is 13.4. The van der Waals surface area contributed by atoms with Gasteiger partial charge in [0.25, 0.3) is 0 Å². The van der Waals surface area contributed by atoms with E-state index in [0.29, 0.717) is 0 Å². The third kappa shape index (κ3) is 5.76. The van der Waals surface area contributed by atoms with Gasteiger partial charge in [0.1, 0.15) is 11.5 Å². The number of fused-ring (bicyclic) bond motifs is 2. The van der Waals surface area contributed by atoms with Crippen LogP contribution in [-0.2, 0) is 5.41 Å². The van der Waals surface area contributed by atoms with E-state index in [1.54, 1.807) is 0 Å². The number of hydrogen-bond acceptors (Lipinski definition) is 1. The predicted octanol–water partition coefficient (Wildman–Crippen LogP) is 10.3. The van der Waals surface area contributed by atoms with Gasteiger partial charge in [0, 0.05) is 53.1 Å². The summed E-state index contributed by atoms with van der Waals surface area (Å²) >= 11 is 0. The molecule has 1 aromatic heterocycles. The van der Waals surface area contributed by atoms with E-state index in [1.807, 2.05) is 12.1 Å². The Kier molecular flexibility index (Phi) is 8.34. The first-order valence-electron chi connectivity index (χ1n) is 19.0. The first kappa shape index (κ1) is 33.2. The highest BCUT2D eigenvalue weighted by Crippen LogP contribution is 2.57. The van der Waals surface area contributed by atoms with Gasteiger partial charge in [-0.3, -0.25) is 0 Å². The van der Waals surface area contributed by atoms with Crippen molar-refractivity contribution in [3.8, 4) is 50.8 Å². The number of aromatic nitrogens is 3. The number of hydrogen-bond donors (Lipinski definition) is 0. The van der Waals surface area contributed by atoms with Gasteiger partial charge in [0.2, 0.25) is 17.1 Å². The standard InChI is InChI=1S/C52H38N3O/c1-5-16-39(17-6-1)40-28-32-45(33-29-40)54-36-53(44-22-11-4-12-23-44)37-55(38-54)46-34-30-41(31-35-46)47-24-15-26-49-51(47)56-50-27-14-13-25-48(50)52(49,42-18-7-2-8-19-42)43-20-9-3-10-21-43/h1-38H/q+3. The second-order valence-electron chi connectivity index (χ2n) is 14.1. The van der Waals surface area contributed by atoms with E-state index in [-0.39, 0.29) is 0 Å². The van der Waals surface area contributed by atoms with Crippen LogP contribution in [0, 0.1) is 0 Å². The lowest BCUT2D eigenvalue weighted by Gasteiger charge is -2.42. The van der Waals surface area contributed by atoms with Crippen molar-refractivity contribution in [1.29, 1.82) is 0 Å². The first-order valence-corrected chi connectivity index (χ1v) is 19.0. The molecule has 0 atom stereocenters. The molecule has 1 aliphatic rings. The van der Waals surface area contributed by atoms with Crippen molar-refractivity contribution in [1.82, 2.24) is 0 Å². The van der Waals surface area contributed by atoms with Crippen LogP contribution in [0.2, 0.25) is 0 Å². The molecule has 10 rings (SSSR count). The van der Waals surface area contributed by atoms with Crippen LogP contribution in [0.5, 0.6) is 11.5 Å². The fraction of sp³-hybridized carbons (Fsp3) is 0.0192. The lowest BCUT2D eigenvalue weighted by Crippen LogP contribution is -2.55. The maximum Gasteiger partial charge on any atom is 0.428 e. The number of rotatable bonds is 7. The summed E-state index contributed by atoms with van der Waals surface area (Å²) in [5.74, 6) is 1.74. The number of nitrogens with zero attached hydrogens (tertiary/aromatic N) is 3. The summed E-state index contributed by atoms with van der Waals surface area (Å²) in [5.41, 5.74) is 11.8. The monoisotopic (exact) mass is 720 g/mol. The Morgan fingerprint density at radius 1 is 0.321 bits per heavy atom. The van der Waals surface area contributed by atoms with Crippen LogP contribution in [0.25, 0.3) is 39.3 Å². The molecule has 8 aromatic carbocycles. The molecule has 9 aromatic rings. The summed E-state index contributed by atoms with van der Waals surface area (Å²) in [6.45, 7) is 0. The molecule has 0 saturated carbocycles. The molecule has 0 radical (unpaired) electrons. The van der Waals surface area contributed by atoms with Gasteiger partial charge >= 0.3 is 19.0 Å². The predicted molar refractivity (Wildman–Crippen MR) is 220 cm³/mol. The van der Waals surface area contributed by atoms with Crippen molar-refractivity contribution in [2.45, 2.75) is 5.41 Å². The second-order valence-corrected chi connectivity index (χ2v) is 14.1. The molecule has 0 aliphatic carbocycles. The van der Waals surface area contributed by atoms with Crippen molar-refractivity contribution in [3.05, 3.63) is 254 Å². The van der Waals surface area contributed by atoms with Crippen molar-refractivity contribution in [2.75, 3.05) is 0 Å². The quantitative estimate of drug-likeness (QED) is 0.150. The average molecular weight is 721 g/mol. The lowest BCUT2D eigenvalue weighted by molar-refractivity contribution is -0.858. The maximum absolute atomic E-state index is 6.93. The average Bonchev–Trinajstić information content (AvgIpc) is 3.29. The zero-order valence-electron chi connectivity index (χ0n) is 30.7. The molecule has 0 fully saturated rings. The van der Waals surface area contributed by atoms with Gasteiger partial charge in [-0.05, 0) is 58.1 Å². The SMILES string of the molecule is c1ccc(-c2ccc(-[n+]3c[n+](-c4ccccc4)c[n+](-c4ccc(-c5cccc6c5Oc5ccccc5C6(c5ccccc5)c5ccccc5)cc4)c3)cc2)cc1. The van der Waals surface area contributed by atoms with Crippen LogP contribution in [0.3, 0.4) is 0 Å². The van der Waals surface area contributed by atoms with E-state index < -0.39 is 5.41 Å². The Labute approximate surface area is 327 Å². The van der Waals surface area contributed by atoms with E-state index in [2.05, 4.69) is 233 Å². The highest BCUT2D eigenvalue weighted by molar-refractivity contribution is 5.79. The Balaban J connectivity index is 1.08. The molecule has 56 heavy (non-hydrogen) atoms. The van der Waals surface area contributed by atoms with Gasteiger partial charge in [0.05, 0.1) is 5.41 Å². The molecule has 4 nitrogen and oxygen atoms in total. The van der Waals surface area contributed by atoms with Crippen LogP contribution in [0.4, 0.5) is 0 Å². The molecule has 2 heterocycles. The Morgan fingerprint density at radius 3 is 1.32 bits per heavy atom. The smallest absolute Gasteiger partial charge is 0.428 e. The summed E-state index contributed by atoms with van der Waals surface area (Å²) in [5, 5.41) is 0. The fourth-order valence-corrected chi connectivity index (χ4v) is 8.22. The summed E-state index contributed by atoms with van der Waals surface area (Å²) in [6.07, 6.45) is 6.37. The number of ether oxygens (including phenoxy) is 1. The molecular formula is C52H38N3O+3. The molecule has 0 N–H and O–H groups in total. The van der Waals surface area contributed by atoms with Gasteiger partial charge in [-0.2, -0.15) is 0 Å². The van der Waals surface area contributed by atoms with Crippen LogP contribution < -0.4 is 18.4 Å². The van der Waals surface area contributed by atoms with Gasteiger partial charge in [-0.1, -0.05) is 159 Å². The third-order valence-corrected chi connectivity index (χ3v) is 10.9. The molecule has 0 bridgehead atoms. The van der Waals surface area contributed by atoms with Gasteiger partial charge in [-0.25, -0.2) is 0 Å². The molecule has 0 spiro atoms. The molecule has 0 saturated heterocycles. The van der Waals surface area contributed by atoms with Crippen LogP contribution >= 0.6 is 0 Å². The molecule has 1 aliphatic heterocycles. The van der Waals surface area contributed by atoms with E-state index in [9.17, 15) is 0 Å². The van der Waals surface area contributed by atoms with Crippen molar-refractivity contribution in [2.24, 2.45) is 0 Å².